The Balaban J connectivity index is 1.55. The minimum absolute atomic E-state index is 0.0373. The van der Waals surface area contributed by atoms with E-state index in [0.717, 1.165) is 10.9 Å². The third-order valence-electron chi connectivity index (χ3n) is 7.42. The molecule has 3 N–H and O–H groups in total. The number of para-hydroxylation sites is 1. The van der Waals surface area contributed by atoms with E-state index in [1.807, 2.05) is 38.1 Å². The monoisotopic (exact) mass is 466 g/mol. The molecular formula is C26H34N4O4. The minimum atomic E-state index is -0.752. The number of piperidine rings is 1. The molecule has 3 amide bonds. The zero-order valence-electron chi connectivity index (χ0n) is 20.4. The van der Waals surface area contributed by atoms with Gasteiger partial charge >= 0.3 is 0 Å². The van der Waals surface area contributed by atoms with Crippen LogP contribution in [0, 0.1) is 23.2 Å². The van der Waals surface area contributed by atoms with Gasteiger partial charge in [-0.05, 0) is 48.6 Å². The molecule has 0 radical (unpaired) electrons. The van der Waals surface area contributed by atoms with Gasteiger partial charge in [-0.2, -0.15) is 0 Å². The fourth-order valence-corrected chi connectivity index (χ4v) is 5.48. The number of rotatable bonds is 8. The van der Waals surface area contributed by atoms with E-state index in [9.17, 15) is 19.2 Å². The molecular weight excluding hydrogens is 432 g/mol. The quantitative estimate of drug-likeness (QED) is 0.519. The summed E-state index contributed by atoms with van der Waals surface area (Å²) in [5.41, 5.74) is 1.20. The summed E-state index contributed by atoms with van der Waals surface area (Å²) in [5, 5.41) is 6.55. The summed E-state index contributed by atoms with van der Waals surface area (Å²) in [7, 11) is 0. The van der Waals surface area contributed by atoms with Crippen LogP contribution >= 0.6 is 0 Å². The lowest BCUT2D eigenvalue weighted by molar-refractivity contribution is -0.142. The van der Waals surface area contributed by atoms with Crippen LogP contribution in [0.2, 0.25) is 0 Å². The molecule has 2 heterocycles. The lowest BCUT2D eigenvalue weighted by atomic mass is 9.97. The molecule has 1 aromatic carbocycles. The van der Waals surface area contributed by atoms with Crippen molar-refractivity contribution >= 4 is 34.9 Å². The third-order valence-corrected chi connectivity index (χ3v) is 7.42. The number of aromatic amines is 1. The van der Waals surface area contributed by atoms with Gasteiger partial charge in [-0.25, -0.2) is 0 Å². The van der Waals surface area contributed by atoms with Crippen LogP contribution in [0.5, 0.6) is 0 Å². The van der Waals surface area contributed by atoms with Crippen LogP contribution < -0.4 is 10.6 Å². The van der Waals surface area contributed by atoms with Crippen LogP contribution in [-0.2, 0) is 14.4 Å². The summed E-state index contributed by atoms with van der Waals surface area (Å²) in [6, 6.07) is 7.35. The van der Waals surface area contributed by atoms with Crippen molar-refractivity contribution in [3.8, 4) is 0 Å². The fourth-order valence-electron chi connectivity index (χ4n) is 5.48. The van der Waals surface area contributed by atoms with Gasteiger partial charge in [-0.3, -0.25) is 14.4 Å². The Kier molecular flexibility index (Phi) is 6.27. The highest BCUT2D eigenvalue weighted by Crippen LogP contribution is 2.64. The second kappa shape index (κ2) is 8.89. The van der Waals surface area contributed by atoms with Crippen molar-refractivity contribution in [2.24, 2.45) is 23.2 Å². The molecule has 5 atom stereocenters. The van der Waals surface area contributed by atoms with Gasteiger partial charge < -0.3 is 25.3 Å². The highest BCUT2D eigenvalue weighted by Gasteiger charge is 2.69. The second-order valence-electron chi connectivity index (χ2n) is 10.7. The smallest absolute Gasteiger partial charge is 0.268 e. The number of H-pyrrole nitrogens is 1. The Bertz CT molecular complexity index is 1090. The molecule has 2 aliphatic rings. The lowest BCUT2D eigenvalue weighted by Crippen LogP contribution is -2.57. The number of benzene rings is 1. The van der Waals surface area contributed by atoms with E-state index in [0.29, 0.717) is 24.9 Å². The van der Waals surface area contributed by atoms with Crippen molar-refractivity contribution in [2.75, 3.05) is 6.54 Å². The molecule has 2 fully saturated rings. The molecule has 34 heavy (non-hydrogen) atoms. The van der Waals surface area contributed by atoms with Crippen LogP contribution in [0.1, 0.15) is 51.5 Å². The van der Waals surface area contributed by atoms with Gasteiger partial charge in [-0.15, -0.1) is 0 Å². The van der Waals surface area contributed by atoms with Gasteiger partial charge in [0.2, 0.25) is 11.8 Å². The molecule has 8 heteroatoms. The number of hydrogen-bond acceptors (Lipinski definition) is 4. The summed E-state index contributed by atoms with van der Waals surface area (Å²) >= 11 is 0. The number of fused-ring (bicyclic) bond motifs is 2. The van der Waals surface area contributed by atoms with E-state index in [2.05, 4.69) is 29.5 Å². The van der Waals surface area contributed by atoms with Crippen LogP contribution in [-0.4, -0.2) is 58.6 Å². The van der Waals surface area contributed by atoms with Gasteiger partial charge in [0.05, 0.1) is 6.04 Å². The first kappa shape index (κ1) is 24.0. The van der Waals surface area contributed by atoms with E-state index in [1.165, 1.54) is 0 Å². The summed E-state index contributed by atoms with van der Waals surface area (Å²) < 4.78 is 0. The predicted molar refractivity (Wildman–Crippen MR) is 129 cm³/mol. The van der Waals surface area contributed by atoms with E-state index < -0.39 is 18.1 Å². The lowest BCUT2D eigenvalue weighted by Gasteiger charge is -2.33. The van der Waals surface area contributed by atoms with Crippen molar-refractivity contribution in [1.82, 2.24) is 20.5 Å². The van der Waals surface area contributed by atoms with Crippen molar-refractivity contribution in [2.45, 2.75) is 59.2 Å². The maximum absolute atomic E-state index is 13.7. The summed E-state index contributed by atoms with van der Waals surface area (Å²) in [6.45, 7) is 10.3. The Morgan fingerprint density at radius 2 is 1.88 bits per heavy atom. The number of carbonyl (C=O) groups is 4. The Morgan fingerprint density at radius 3 is 2.53 bits per heavy atom. The topological polar surface area (TPSA) is 111 Å². The number of nitrogens with zero attached hydrogens (tertiary/aromatic N) is 1. The van der Waals surface area contributed by atoms with Gasteiger partial charge in [0.15, 0.2) is 0 Å². The molecule has 1 aromatic heterocycles. The predicted octanol–water partition coefficient (Wildman–Crippen LogP) is 2.50. The molecule has 4 rings (SSSR count). The van der Waals surface area contributed by atoms with E-state index >= 15 is 0 Å². The number of nitrogens with one attached hydrogen (secondary N) is 3. The molecule has 1 saturated carbocycles. The van der Waals surface area contributed by atoms with Crippen LogP contribution in [0.4, 0.5) is 0 Å². The molecule has 8 nitrogen and oxygen atoms in total. The standard InChI is InChI=1S/C26H34N4O4/c1-14(2)10-20(29-23(32)19-11-16-8-6-7-9-18(16)28-19)25(34)30-12-17-21(26(17,4)5)22(30)24(33)27-15(3)13-31/h6-9,11,13-15,17,20-22,28H,10,12H2,1-5H3,(H,27,33)(H,29,32)/t15-,17-,20-,21-,22-/m0/s1. The average molecular weight is 467 g/mol. The number of aldehydes is 1. The third kappa shape index (κ3) is 4.33. The number of aromatic nitrogens is 1. The second-order valence-corrected chi connectivity index (χ2v) is 10.7. The van der Waals surface area contributed by atoms with E-state index in [4.69, 9.17) is 0 Å². The number of amides is 3. The maximum atomic E-state index is 13.7. The number of carbonyl (C=O) groups excluding carboxylic acids is 4. The Hall–Kier alpha value is -3.16. The largest absolute Gasteiger partial charge is 0.351 e. The summed E-state index contributed by atoms with van der Waals surface area (Å²) in [6.07, 6.45) is 1.13. The van der Waals surface area contributed by atoms with Crippen LogP contribution in [0.3, 0.4) is 0 Å². The maximum Gasteiger partial charge on any atom is 0.268 e. The highest BCUT2D eigenvalue weighted by atomic mass is 16.2. The molecule has 1 saturated heterocycles. The Morgan fingerprint density at radius 1 is 1.18 bits per heavy atom. The summed E-state index contributed by atoms with van der Waals surface area (Å²) in [4.78, 5) is 55.7. The zero-order valence-corrected chi connectivity index (χ0v) is 20.4. The first-order chi connectivity index (χ1) is 16.0. The van der Waals surface area contributed by atoms with E-state index in [-0.39, 0.29) is 40.9 Å². The molecule has 2 aromatic rings. The Labute approximate surface area is 199 Å². The minimum Gasteiger partial charge on any atom is -0.351 e. The van der Waals surface area contributed by atoms with Gasteiger partial charge in [-0.1, -0.05) is 45.9 Å². The van der Waals surface area contributed by atoms with Crippen molar-refractivity contribution in [3.63, 3.8) is 0 Å². The SMILES string of the molecule is CC(C)C[C@H](NC(=O)c1cc2ccccc2[nH]1)C(=O)N1C[C@H]2[C@@H]([C@H]1C(=O)N[C@@H](C)C=O)C2(C)C. The molecule has 0 spiro atoms. The van der Waals surface area contributed by atoms with Crippen LogP contribution in [0.25, 0.3) is 10.9 Å². The average Bonchev–Trinajstić information content (AvgIpc) is 3.17. The first-order valence-electron chi connectivity index (χ1n) is 12.0. The highest BCUT2D eigenvalue weighted by molar-refractivity contribution is 6.01. The van der Waals surface area contributed by atoms with Crippen molar-refractivity contribution < 1.29 is 19.2 Å². The normalized spacial score (nSPS) is 24.4. The van der Waals surface area contributed by atoms with Crippen LogP contribution in [0.15, 0.2) is 30.3 Å². The van der Waals surface area contributed by atoms with Gasteiger partial charge in [0.25, 0.3) is 5.91 Å². The molecule has 1 aliphatic carbocycles. The molecule has 0 unspecified atom stereocenters. The first-order valence-corrected chi connectivity index (χ1v) is 12.0. The molecule has 1 aliphatic heterocycles. The number of hydrogen-bond donors (Lipinski definition) is 3. The van der Waals surface area contributed by atoms with Gasteiger partial charge in [0, 0.05) is 17.4 Å². The van der Waals surface area contributed by atoms with Crippen molar-refractivity contribution in [3.05, 3.63) is 36.0 Å². The van der Waals surface area contributed by atoms with Crippen molar-refractivity contribution in [1.29, 1.82) is 0 Å². The molecule has 0 bridgehead atoms. The van der Waals surface area contributed by atoms with Gasteiger partial charge in [0.1, 0.15) is 24.1 Å². The van der Waals surface area contributed by atoms with E-state index in [1.54, 1.807) is 17.9 Å². The summed E-state index contributed by atoms with van der Waals surface area (Å²) in [5.74, 6) is -0.484. The zero-order chi connectivity index (χ0) is 24.8. The fraction of sp³-hybridized carbons (Fsp3) is 0.538. The molecule has 182 valence electrons. The number of likely N-dealkylation sites (tertiary alicyclic amines) is 1.